The molecule has 112 valence electrons. The highest BCUT2D eigenvalue weighted by molar-refractivity contribution is 5.73. The lowest BCUT2D eigenvalue weighted by molar-refractivity contribution is 0.143. The molecule has 0 aliphatic carbocycles. The minimum absolute atomic E-state index is 0.557. The molecule has 1 aromatic carbocycles. The van der Waals surface area contributed by atoms with Gasteiger partial charge in [0.2, 0.25) is 0 Å². The summed E-state index contributed by atoms with van der Waals surface area (Å²) in [7, 11) is 5.01. The van der Waals surface area contributed by atoms with Gasteiger partial charge in [-0.15, -0.1) is 0 Å². The van der Waals surface area contributed by atoms with E-state index in [4.69, 9.17) is 19.9 Å². The normalized spacial score (nSPS) is 18.9. The van der Waals surface area contributed by atoms with Gasteiger partial charge in [0.1, 0.15) is 0 Å². The molecule has 0 bridgehead atoms. The van der Waals surface area contributed by atoms with Crippen LogP contribution in [-0.4, -0.2) is 41.0 Å². The maximum Gasteiger partial charge on any atom is 0.162 e. The van der Waals surface area contributed by atoms with Crippen molar-refractivity contribution < 1.29 is 14.2 Å². The van der Waals surface area contributed by atoms with Gasteiger partial charge in [-0.25, -0.2) is 0 Å². The Bertz CT molecular complexity index is 449. The van der Waals surface area contributed by atoms with Crippen LogP contribution in [0.15, 0.2) is 12.1 Å². The van der Waals surface area contributed by atoms with E-state index in [0.29, 0.717) is 17.4 Å². The number of hydrogen-bond acceptors (Lipinski definition) is 5. The van der Waals surface area contributed by atoms with Crippen molar-refractivity contribution in [2.45, 2.75) is 12.8 Å². The Morgan fingerprint density at radius 1 is 1.20 bits per heavy atom. The third-order valence-electron chi connectivity index (χ3n) is 3.79. The summed E-state index contributed by atoms with van der Waals surface area (Å²) in [5, 5.41) is 0. The Kier molecular flexibility index (Phi) is 4.95. The fourth-order valence-corrected chi connectivity index (χ4v) is 2.81. The SMILES string of the molecule is COCC1CCCN(c2cc(OC)c(OC)cc2N)C1. The first-order valence-electron chi connectivity index (χ1n) is 6.95. The number of rotatable bonds is 5. The molecular formula is C15H24N2O3. The fraction of sp³-hybridized carbons (Fsp3) is 0.600. The van der Waals surface area contributed by atoms with E-state index in [1.165, 1.54) is 6.42 Å². The molecule has 2 N–H and O–H groups in total. The van der Waals surface area contributed by atoms with Gasteiger partial charge in [-0.05, 0) is 18.8 Å². The van der Waals surface area contributed by atoms with Crippen LogP contribution in [0.5, 0.6) is 11.5 Å². The number of nitrogens with two attached hydrogens (primary N) is 1. The first kappa shape index (κ1) is 14.8. The van der Waals surface area contributed by atoms with Gasteiger partial charge in [-0.3, -0.25) is 0 Å². The van der Waals surface area contributed by atoms with Gasteiger partial charge in [0.25, 0.3) is 0 Å². The second-order valence-electron chi connectivity index (χ2n) is 5.18. The van der Waals surface area contributed by atoms with Crippen LogP contribution >= 0.6 is 0 Å². The predicted molar refractivity (Wildman–Crippen MR) is 80.8 cm³/mol. The van der Waals surface area contributed by atoms with Crippen LogP contribution in [0.2, 0.25) is 0 Å². The number of hydrogen-bond donors (Lipinski definition) is 1. The Hall–Kier alpha value is -1.62. The van der Waals surface area contributed by atoms with E-state index in [1.807, 2.05) is 12.1 Å². The van der Waals surface area contributed by atoms with Gasteiger partial charge in [-0.2, -0.15) is 0 Å². The molecular weight excluding hydrogens is 256 g/mol. The van der Waals surface area contributed by atoms with Gasteiger partial charge < -0.3 is 24.8 Å². The van der Waals surface area contributed by atoms with Crippen molar-refractivity contribution in [2.24, 2.45) is 5.92 Å². The third-order valence-corrected chi connectivity index (χ3v) is 3.79. The highest BCUT2D eigenvalue weighted by Crippen LogP contribution is 2.38. The topological polar surface area (TPSA) is 57.0 Å². The molecule has 20 heavy (non-hydrogen) atoms. The minimum Gasteiger partial charge on any atom is -0.493 e. The highest BCUT2D eigenvalue weighted by Gasteiger charge is 2.22. The van der Waals surface area contributed by atoms with Crippen LogP contribution in [0, 0.1) is 5.92 Å². The second-order valence-corrected chi connectivity index (χ2v) is 5.18. The highest BCUT2D eigenvalue weighted by atomic mass is 16.5. The first-order chi connectivity index (χ1) is 9.69. The van der Waals surface area contributed by atoms with E-state index < -0.39 is 0 Å². The van der Waals surface area contributed by atoms with Crippen molar-refractivity contribution in [1.29, 1.82) is 0 Å². The van der Waals surface area contributed by atoms with Crippen molar-refractivity contribution in [3.8, 4) is 11.5 Å². The van der Waals surface area contributed by atoms with Crippen molar-refractivity contribution in [2.75, 3.05) is 51.7 Å². The van der Waals surface area contributed by atoms with E-state index >= 15 is 0 Å². The van der Waals surface area contributed by atoms with Crippen molar-refractivity contribution in [3.05, 3.63) is 12.1 Å². The molecule has 1 atom stereocenters. The van der Waals surface area contributed by atoms with Crippen molar-refractivity contribution in [1.82, 2.24) is 0 Å². The number of benzene rings is 1. The van der Waals surface area contributed by atoms with E-state index in [-0.39, 0.29) is 0 Å². The molecule has 1 aromatic rings. The average Bonchev–Trinajstić information content (AvgIpc) is 2.47. The quantitative estimate of drug-likeness (QED) is 0.838. The van der Waals surface area contributed by atoms with Gasteiger partial charge >= 0.3 is 0 Å². The molecule has 1 saturated heterocycles. The molecule has 0 radical (unpaired) electrons. The summed E-state index contributed by atoms with van der Waals surface area (Å²) in [6, 6.07) is 3.79. The van der Waals surface area contributed by atoms with E-state index in [2.05, 4.69) is 4.90 Å². The summed E-state index contributed by atoms with van der Waals surface area (Å²) >= 11 is 0. The van der Waals surface area contributed by atoms with Crippen LogP contribution in [0.3, 0.4) is 0 Å². The zero-order valence-electron chi connectivity index (χ0n) is 12.5. The summed E-state index contributed by atoms with van der Waals surface area (Å²) in [5.41, 5.74) is 7.90. The van der Waals surface area contributed by atoms with Crippen LogP contribution in [0.25, 0.3) is 0 Å². The molecule has 1 unspecified atom stereocenters. The van der Waals surface area contributed by atoms with E-state index in [0.717, 1.165) is 37.5 Å². The van der Waals surface area contributed by atoms with Gasteiger partial charge in [0.05, 0.1) is 32.2 Å². The van der Waals surface area contributed by atoms with Crippen LogP contribution in [0.4, 0.5) is 11.4 Å². The van der Waals surface area contributed by atoms with Gasteiger partial charge in [0, 0.05) is 32.3 Å². The van der Waals surface area contributed by atoms with Crippen LogP contribution in [0.1, 0.15) is 12.8 Å². The summed E-state index contributed by atoms with van der Waals surface area (Å²) in [4.78, 5) is 2.31. The third kappa shape index (κ3) is 3.10. The lowest BCUT2D eigenvalue weighted by atomic mass is 9.98. The summed E-state index contributed by atoms with van der Waals surface area (Å²) < 4.78 is 15.9. The molecule has 0 spiro atoms. The number of nitrogens with zero attached hydrogens (tertiary/aromatic N) is 1. The molecule has 5 nitrogen and oxygen atoms in total. The average molecular weight is 280 g/mol. The maximum atomic E-state index is 6.16. The van der Waals surface area contributed by atoms with Crippen LogP contribution < -0.4 is 20.1 Å². The predicted octanol–water partition coefficient (Wildman–Crippen LogP) is 2.15. The molecule has 0 aromatic heterocycles. The lowest BCUT2D eigenvalue weighted by Gasteiger charge is -2.35. The number of nitrogen functional groups attached to an aromatic ring is 1. The molecule has 2 rings (SSSR count). The Labute approximate surface area is 120 Å². The van der Waals surface area contributed by atoms with Gasteiger partial charge in [0.15, 0.2) is 11.5 Å². The van der Waals surface area contributed by atoms with E-state index in [1.54, 1.807) is 21.3 Å². The zero-order chi connectivity index (χ0) is 14.5. The van der Waals surface area contributed by atoms with E-state index in [9.17, 15) is 0 Å². The minimum atomic E-state index is 0.557. The fourth-order valence-electron chi connectivity index (χ4n) is 2.81. The second kappa shape index (κ2) is 6.70. The van der Waals surface area contributed by atoms with Crippen molar-refractivity contribution in [3.63, 3.8) is 0 Å². The van der Waals surface area contributed by atoms with Crippen molar-refractivity contribution >= 4 is 11.4 Å². The number of methoxy groups -OCH3 is 3. The molecule has 0 saturated carbocycles. The van der Waals surface area contributed by atoms with Crippen LogP contribution in [-0.2, 0) is 4.74 Å². The standard InChI is InChI=1S/C15H24N2O3/c1-18-10-11-5-4-6-17(9-11)13-8-15(20-3)14(19-2)7-12(13)16/h7-8,11H,4-6,9-10,16H2,1-3H3. The maximum absolute atomic E-state index is 6.16. The molecule has 1 aliphatic rings. The monoisotopic (exact) mass is 280 g/mol. The first-order valence-corrected chi connectivity index (χ1v) is 6.95. The summed E-state index contributed by atoms with van der Waals surface area (Å²) in [5.74, 6) is 1.94. The largest absolute Gasteiger partial charge is 0.493 e. The lowest BCUT2D eigenvalue weighted by Crippen LogP contribution is -2.37. The Balaban J connectivity index is 2.23. The number of piperidine rings is 1. The van der Waals surface area contributed by atoms with Gasteiger partial charge in [-0.1, -0.05) is 0 Å². The molecule has 1 heterocycles. The number of ether oxygens (including phenoxy) is 3. The molecule has 1 fully saturated rings. The number of anilines is 2. The Morgan fingerprint density at radius 2 is 1.90 bits per heavy atom. The Morgan fingerprint density at radius 3 is 2.55 bits per heavy atom. The zero-order valence-corrected chi connectivity index (χ0v) is 12.5. The molecule has 0 amide bonds. The smallest absolute Gasteiger partial charge is 0.162 e. The summed E-state index contributed by atoms with van der Waals surface area (Å²) in [6.45, 7) is 2.77. The summed E-state index contributed by atoms with van der Waals surface area (Å²) in [6.07, 6.45) is 2.36. The molecule has 5 heteroatoms. The molecule has 1 aliphatic heterocycles.